The van der Waals surface area contributed by atoms with Gasteiger partial charge in [-0.05, 0) is 44.3 Å². The number of phenols is 1. The quantitative estimate of drug-likeness (QED) is 0.340. The highest BCUT2D eigenvalue weighted by Gasteiger charge is 2.46. The largest absolute Gasteiger partial charge is 0.507 e. The molecule has 1 aliphatic heterocycles. The predicted molar refractivity (Wildman–Crippen MR) is 122 cm³/mol. The highest BCUT2D eigenvalue weighted by Crippen LogP contribution is 2.42. The molecule has 176 valence electrons. The summed E-state index contributed by atoms with van der Waals surface area (Å²) in [5, 5.41) is 21.4. The number of aliphatic hydroxyl groups excluding tert-OH is 1. The van der Waals surface area contributed by atoms with Crippen molar-refractivity contribution >= 4 is 17.4 Å². The van der Waals surface area contributed by atoms with Crippen molar-refractivity contribution in [1.29, 1.82) is 0 Å². The second-order valence-corrected chi connectivity index (χ2v) is 7.78. The normalized spacial score (nSPS) is 17.7. The number of methoxy groups -OCH3 is 1. The maximum Gasteiger partial charge on any atom is 0.295 e. The Morgan fingerprint density at radius 3 is 2.45 bits per heavy atom. The van der Waals surface area contributed by atoms with Crippen LogP contribution in [0.25, 0.3) is 5.76 Å². The van der Waals surface area contributed by atoms with Gasteiger partial charge in [0.15, 0.2) is 0 Å². The Morgan fingerprint density at radius 1 is 1.15 bits per heavy atom. The van der Waals surface area contributed by atoms with E-state index in [-0.39, 0.29) is 29.0 Å². The maximum absolute atomic E-state index is 14.8. The topological polar surface area (TPSA) is 90.3 Å². The third kappa shape index (κ3) is 4.85. The molecule has 1 aliphatic rings. The molecule has 0 unspecified atom stereocenters. The van der Waals surface area contributed by atoms with E-state index in [2.05, 4.69) is 4.90 Å². The zero-order chi connectivity index (χ0) is 24.1. The van der Waals surface area contributed by atoms with Crippen LogP contribution < -0.4 is 4.74 Å². The highest BCUT2D eigenvalue weighted by atomic mass is 19.1. The van der Waals surface area contributed by atoms with Gasteiger partial charge in [0.1, 0.15) is 23.1 Å². The molecule has 2 aromatic carbocycles. The molecule has 0 aromatic heterocycles. The van der Waals surface area contributed by atoms with Gasteiger partial charge in [-0.25, -0.2) is 4.39 Å². The second kappa shape index (κ2) is 10.5. The van der Waals surface area contributed by atoms with Crippen LogP contribution in [-0.4, -0.2) is 65.0 Å². The van der Waals surface area contributed by atoms with Crippen LogP contribution in [0, 0.1) is 5.82 Å². The van der Waals surface area contributed by atoms with E-state index in [0.717, 1.165) is 13.1 Å². The summed E-state index contributed by atoms with van der Waals surface area (Å²) < 4.78 is 19.9. The number of carbonyl (C=O) groups excluding carboxylic acids is 2. The molecule has 33 heavy (non-hydrogen) atoms. The summed E-state index contributed by atoms with van der Waals surface area (Å²) in [5.74, 6) is -2.86. The lowest BCUT2D eigenvalue weighted by Crippen LogP contribution is -2.33. The Bertz CT molecular complexity index is 1060. The van der Waals surface area contributed by atoms with Gasteiger partial charge in [-0.3, -0.25) is 9.59 Å². The Labute approximate surface area is 192 Å². The molecule has 0 spiro atoms. The Kier molecular flexibility index (Phi) is 7.71. The summed E-state index contributed by atoms with van der Waals surface area (Å²) in [4.78, 5) is 29.5. The molecule has 3 rings (SSSR count). The van der Waals surface area contributed by atoms with Crippen LogP contribution in [0.5, 0.6) is 11.5 Å². The molecule has 0 radical (unpaired) electrons. The number of hydrogen-bond acceptors (Lipinski definition) is 6. The number of benzene rings is 2. The fourth-order valence-electron chi connectivity index (χ4n) is 4.12. The van der Waals surface area contributed by atoms with Crippen LogP contribution >= 0.6 is 0 Å². The predicted octanol–water partition coefficient (Wildman–Crippen LogP) is 3.69. The van der Waals surface area contributed by atoms with Crippen LogP contribution in [0.1, 0.15) is 37.4 Å². The molecular formula is C25H29FN2O5. The number of halogens is 1. The van der Waals surface area contributed by atoms with Gasteiger partial charge in [-0.2, -0.15) is 0 Å². The van der Waals surface area contributed by atoms with Gasteiger partial charge in [0.2, 0.25) is 0 Å². The van der Waals surface area contributed by atoms with Crippen molar-refractivity contribution in [2.45, 2.75) is 26.3 Å². The molecule has 1 heterocycles. The first kappa shape index (κ1) is 24.3. The summed E-state index contributed by atoms with van der Waals surface area (Å²) in [6.07, 6.45) is 0.577. The molecule has 1 saturated heterocycles. The minimum atomic E-state index is -1.11. The first-order valence-electron chi connectivity index (χ1n) is 11.0. The van der Waals surface area contributed by atoms with E-state index < -0.39 is 29.3 Å². The maximum atomic E-state index is 14.8. The van der Waals surface area contributed by atoms with Crippen LogP contribution in [0.4, 0.5) is 4.39 Å². The number of ether oxygens (including phenoxy) is 1. The molecule has 1 amide bonds. The number of ketones is 1. The van der Waals surface area contributed by atoms with Crippen molar-refractivity contribution in [2.75, 3.05) is 33.3 Å². The Balaban J connectivity index is 2.08. The molecule has 2 N–H and O–H groups in total. The van der Waals surface area contributed by atoms with Gasteiger partial charge < -0.3 is 24.7 Å². The number of carbonyl (C=O) groups is 2. The number of aliphatic hydroxyl groups is 1. The van der Waals surface area contributed by atoms with Crippen molar-refractivity contribution < 1.29 is 28.9 Å². The summed E-state index contributed by atoms with van der Waals surface area (Å²) in [6.45, 7) is 6.70. The van der Waals surface area contributed by atoms with E-state index in [1.807, 2.05) is 13.8 Å². The van der Waals surface area contributed by atoms with Crippen LogP contribution in [0.15, 0.2) is 48.0 Å². The van der Waals surface area contributed by atoms with Gasteiger partial charge >= 0.3 is 0 Å². The number of aromatic hydroxyl groups is 1. The molecule has 7 nitrogen and oxygen atoms in total. The summed E-state index contributed by atoms with van der Waals surface area (Å²) >= 11 is 0. The third-order valence-corrected chi connectivity index (χ3v) is 5.97. The number of hydrogen-bond donors (Lipinski definition) is 2. The molecule has 0 bridgehead atoms. The lowest BCUT2D eigenvalue weighted by Gasteiger charge is -2.27. The summed E-state index contributed by atoms with van der Waals surface area (Å²) in [7, 11) is 1.43. The minimum absolute atomic E-state index is 0.0433. The molecule has 8 heteroatoms. The van der Waals surface area contributed by atoms with E-state index in [4.69, 9.17) is 4.74 Å². The van der Waals surface area contributed by atoms with Gasteiger partial charge in [-0.1, -0.05) is 32.0 Å². The molecule has 1 fully saturated rings. The minimum Gasteiger partial charge on any atom is -0.507 e. The Hall–Kier alpha value is -3.39. The zero-order valence-corrected chi connectivity index (χ0v) is 19.0. The van der Waals surface area contributed by atoms with Crippen LogP contribution in [0.3, 0.4) is 0 Å². The lowest BCUT2D eigenvalue weighted by atomic mass is 9.94. The first-order valence-corrected chi connectivity index (χ1v) is 11.0. The average molecular weight is 457 g/mol. The van der Waals surface area contributed by atoms with Gasteiger partial charge in [0, 0.05) is 18.2 Å². The fraction of sp³-hybridized carbons (Fsp3) is 0.360. The van der Waals surface area contributed by atoms with Crippen molar-refractivity contribution in [1.82, 2.24) is 9.80 Å². The zero-order valence-electron chi connectivity index (χ0n) is 19.0. The first-order chi connectivity index (χ1) is 15.8. The molecular weight excluding hydrogens is 427 g/mol. The van der Waals surface area contributed by atoms with E-state index >= 15 is 0 Å². The third-order valence-electron chi connectivity index (χ3n) is 5.97. The SMILES string of the molecule is CCN(CC)CCCN1C(=O)C(=O)C(=C(O)c2ccc(OC)cc2O)[C@H]1c1ccccc1F. The van der Waals surface area contributed by atoms with Crippen LogP contribution in [-0.2, 0) is 9.59 Å². The Morgan fingerprint density at radius 2 is 1.85 bits per heavy atom. The van der Waals surface area contributed by atoms with Crippen LogP contribution in [0.2, 0.25) is 0 Å². The van der Waals surface area contributed by atoms with Gasteiger partial charge in [-0.15, -0.1) is 0 Å². The number of amides is 1. The number of phenolic OH excluding ortho intramolecular Hbond substituents is 1. The number of rotatable bonds is 9. The number of nitrogens with zero attached hydrogens (tertiary/aromatic N) is 2. The van der Waals surface area contributed by atoms with Crippen molar-refractivity contribution in [3.63, 3.8) is 0 Å². The monoisotopic (exact) mass is 456 g/mol. The molecule has 2 aromatic rings. The number of likely N-dealkylation sites (tertiary alicyclic amines) is 1. The fourth-order valence-corrected chi connectivity index (χ4v) is 4.12. The van der Waals surface area contributed by atoms with E-state index in [1.54, 1.807) is 6.07 Å². The van der Waals surface area contributed by atoms with Gasteiger partial charge in [0.25, 0.3) is 11.7 Å². The standard InChI is InChI=1S/C25H29FN2O5/c1-4-27(5-2)13-8-14-28-22(17-9-6-7-10-19(17)26)21(24(31)25(28)32)23(30)18-12-11-16(33-3)15-20(18)29/h6-7,9-12,15,22,29-30H,4-5,8,13-14H2,1-3H3/t22-/m1/s1. The molecule has 0 saturated carbocycles. The highest BCUT2D eigenvalue weighted by molar-refractivity contribution is 6.46. The van der Waals surface area contributed by atoms with E-state index in [0.29, 0.717) is 18.7 Å². The lowest BCUT2D eigenvalue weighted by molar-refractivity contribution is -0.140. The van der Waals surface area contributed by atoms with Gasteiger partial charge in [0.05, 0.1) is 24.3 Å². The second-order valence-electron chi connectivity index (χ2n) is 7.78. The van der Waals surface area contributed by atoms with Crippen molar-refractivity contribution in [2.24, 2.45) is 0 Å². The van der Waals surface area contributed by atoms with E-state index in [9.17, 15) is 24.2 Å². The van der Waals surface area contributed by atoms with E-state index in [1.165, 1.54) is 48.4 Å². The molecule has 1 atom stereocenters. The van der Waals surface area contributed by atoms with Crippen molar-refractivity contribution in [3.05, 3.63) is 65.0 Å². The summed E-state index contributed by atoms with van der Waals surface area (Å²) in [6, 6.07) is 8.93. The smallest absolute Gasteiger partial charge is 0.295 e. The summed E-state index contributed by atoms with van der Waals surface area (Å²) in [5.41, 5.74) is -0.194. The molecule has 0 aliphatic carbocycles. The number of Topliss-reactive ketones (excluding diaryl/α,β-unsaturated/α-hetero) is 1. The average Bonchev–Trinajstić information content (AvgIpc) is 3.06. The van der Waals surface area contributed by atoms with Crippen molar-refractivity contribution in [3.8, 4) is 11.5 Å².